The van der Waals surface area contributed by atoms with Crippen LogP contribution >= 0.6 is 0 Å². The van der Waals surface area contributed by atoms with E-state index < -0.39 is 11.7 Å². The molecule has 2 rings (SSSR count). The molecule has 0 atom stereocenters. The van der Waals surface area contributed by atoms with Gasteiger partial charge in [0.15, 0.2) is 0 Å². The second-order valence-corrected chi connectivity index (χ2v) is 6.48. The van der Waals surface area contributed by atoms with Crippen LogP contribution in [0.25, 0.3) is 0 Å². The Morgan fingerprint density at radius 1 is 1.20 bits per heavy atom. The van der Waals surface area contributed by atoms with Gasteiger partial charge in [-0.1, -0.05) is 12.1 Å². The fourth-order valence-corrected chi connectivity index (χ4v) is 2.01. The first-order chi connectivity index (χ1) is 11.9. The Labute approximate surface area is 147 Å². The Hall–Kier alpha value is -2.67. The lowest BCUT2D eigenvalue weighted by Crippen LogP contribution is -2.33. The SMILES string of the molecule is CC(C)(C)OC(=O)NCCc1ccc(Oc2cc(CN)ncn2)cc1. The van der Waals surface area contributed by atoms with Crippen molar-refractivity contribution in [3.63, 3.8) is 0 Å². The van der Waals surface area contributed by atoms with E-state index in [4.69, 9.17) is 15.2 Å². The molecule has 0 radical (unpaired) electrons. The molecule has 1 heterocycles. The van der Waals surface area contributed by atoms with Crippen molar-refractivity contribution in [3.05, 3.63) is 47.9 Å². The van der Waals surface area contributed by atoms with Gasteiger partial charge >= 0.3 is 6.09 Å². The highest BCUT2D eigenvalue weighted by molar-refractivity contribution is 5.67. The number of aromatic nitrogens is 2. The molecule has 0 aliphatic rings. The van der Waals surface area contributed by atoms with Crippen LogP contribution in [0.2, 0.25) is 0 Å². The number of nitrogens with one attached hydrogen (secondary N) is 1. The minimum atomic E-state index is -0.492. The molecular formula is C18H24N4O3. The zero-order valence-corrected chi connectivity index (χ0v) is 14.8. The Bertz CT molecular complexity index is 696. The van der Waals surface area contributed by atoms with E-state index in [1.807, 2.05) is 45.0 Å². The molecule has 25 heavy (non-hydrogen) atoms. The van der Waals surface area contributed by atoms with Gasteiger partial charge in [0.25, 0.3) is 0 Å². The Kier molecular flexibility index (Phi) is 6.30. The van der Waals surface area contributed by atoms with E-state index in [0.717, 1.165) is 11.3 Å². The average Bonchev–Trinajstić information content (AvgIpc) is 2.55. The first kappa shape index (κ1) is 18.7. The number of carbonyl (C=O) groups is 1. The van der Waals surface area contributed by atoms with Gasteiger partial charge in [0, 0.05) is 19.2 Å². The van der Waals surface area contributed by atoms with Crippen molar-refractivity contribution in [1.82, 2.24) is 15.3 Å². The highest BCUT2D eigenvalue weighted by atomic mass is 16.6. The number of carbonyl (C=O) groups excluding carboxylic acids is 1. The van der Waals surface area contributed by atoms with Gasteiger partial charge in [0.2, 0.25) is 5.88 Å². The molecule has 0 saturated heterocycles. The van der Waals surface area contributed by atoms with Crippen LogP contribution in [0.5, 0.6) is 11.6 Å². The van der Waals surface area contributed by atoms with Gasteiger partial charge < -0.3 is 20.5 Å². The first-order valence-electron chi connectivity index (χ1n) is 8.10. The zero-order chi connectivity index (χ0) is 18.3. The third-order valence-electron chi connectivity index (χ3n) is 3.14. The summed E-state index contributed by atoms with van der Waals surface area (Å²) in [6.07, 6.45) is 1.71. The van der Waals surface area contributed by atoms with Crippen molar-refractivity contribution < 1.29 is 14.3 Å². The molecule has 3 N–H and O–H groups in total. The van der Waals surface area contributed by atoms with Crippen LogP contribution in [0.3, 0.4) is 0 Å². The molecule has 7 heteroatoms. The number of hydrogen-bond acceptors (Lipinski definition) is 6. The number of rotatable bonds is 6. The summed E-state index contributed by atoms with van der Waals surface area (Å²) in [6, 6.07) is 9.30. The zero-order valence-electron chi connectivity index (χ0n) is 14.8. The predicted molar refractivity (Wildman–Crippen MR) is 94.4 cm³/mol. The normalized spacial score (nSPS) is 11.0. The lowest BCUT2D eigenvalue weighted by atomic mass is 10.1. The molecule has 134 valence electrons. The van der Waals surface area contributed by atoms with Gasteiger partial charge in [-0.05, 0) is 44.9 Å². The highest BCUT2D eigenvalue weighted by Gasteiger charge is 2.15. The van der Waals surface area contributed by atoms with Crippen molar-refractivity contribution in [2.45, 2.75) is 39.3 Å². The van der Waals surface area contributed by atoms with E-state index in [-0.39, 0.29) is 0 Å². The number of benzene rings is 1. The summed E-state index contributed by atoms with van der Waals surface area (Å²) < 4.78 is 10.9. The largest absolute Gasteiger partial charge is 0.444 e. The van der Waals surface area contributed by atoms with Crippen LogP contribution in [0.15, 0.2) is 36.7 Å². The van der Waals surface area contributed by atoms with Gasteiger partial charge in [-0.25, -0.2) is 14.8 Å². The molecule has 0 aliphatic heterocycles. The molecule has 1 aromatic carbocycles. The van der Waals surface area contributed by atoms with Crippen molar-refractivity contribution in [2.75, 3.05) is 6.54 Å². The van der Waals surface area contributed by atoms with E-state index in [1.165, 1.54) is 6.33 Å². The van der Waals surface area contributed by atoms with Crippen molar-refractivity contribution in [1.29, 1.82) is 0 Å². The molecule has 1 amide bonds. The van der Waals surface area contributed by atoms with Gasteiger partial charge in [-0.3, -0.25) is 0 Å². The number of nitrogens with zero attached hydrogens (tertiary/aromatic N) is 2. The molecule has 0 bridgehead atoms. The summed E-state index contributed by atoms with van der Waals surface area (Å²) >= 11 is 0. The van der Waals surface area contributed by atoms with Gasteiger partial charge in [-0.2, -0.15) is 0 Å². The van der Waals surface area contributed by atoms with Gasteiger partial charge in [-0.15, -0.1) is 0 Å². The maximum absolute atomic E-state index is 11.6. The number of alkyl carbamates (subject to hydrolysis) is 1. The van der Waals surface area contributed by atoms with E-state index in [0.29, 0.717) is 31.1 Å². The minimum absolute atomic E-state index is 0.336. The summed E-state index contributed by atoms with van der Waals surface area (Å²) in [5.41, 5.74) is 6.85. The Morgan fingerprint density at radius 3 is 2.56 bits per heavy atom. The second-order valence-electron chi connectivity index (χ2n) is 6.48. The Balaban J connectivity index is 1.82. The summed E-state index contributed by atoms with van der Waals surface area (Å²) in [4.78, 5) is 19.7. The fraction of sp³-hybridized carbons (Fsp3) is 0.389. The predicted octanol–water partition coefficient (Wildman–Crippen LogP) is 2.79. The molecule has 0 fully saturated rings. The van der Waals surface area contributed by atoms with Crippen molar-refractivity contribution in [3.8, 4) is 11.6 Å². The molecule has 0 saturated carbocycles. The summed E-state index contributed by atoms with van der Waals surface area (Å²) in [7, 11) is 0. The summed E-state index contributed by atoms with van der Waals surface area (Å²) in [6.45, 7) is 6.34. The van der Waals surface area contributed by atoms with Crippen molar-refractivity contribution >= 4 is 6.09 Å². The third-order valence-corrected chi connectivity index (χ3v) is 3.14. The van der Waals surface area contributed by atoms with E-state index in [2.05, 4.69) is 15.3 Å². The first-order valence-corrected chi connectivity index (χ1v) is 8.10. The molecule has 2 aromatic rings. The standard InChI is InChI=1S/C18H24N4O3/c1-18(2,3)25-17(23)20-9-8-13-4-6-15(7-5-13)24-16-10-14(11-19)21-12-22-16/h4-7,10,12H,8-9,11,19H2,1-3H3,(H,20,23). The smallest absolute Gasteiger partial charge is 0.407 e. The molecule has 0 spiro atoms. The second kappa shape index (κ2) is 8.43. The molecule has 0 unspecified atom stereocenters. The van der Waals surface area contributed by atoms with E-state index in [9.17, 15) is 4.79 Å². The molecule has 7 nitrogen and oxygen atoms in total. The summed E-state index contributed by atoms with van der Waals surface area (Å²) in [5, 5.41) is 2.73. The van der Waals surface area contributed by atoms with E-state index >= 15 is 0 Å². The van der Waals surface area contributed by atoms with Crippen LogP contribution in [-0.4, -0.2) is 28.2 Å². The van der Waals surface area contributed by atoms with Crippen LogP contribution in [0.1, 0.15) is 32.0 Å². The fourth-order valence-electron chi connectivity index (χ4n) is 2.01. The highest BCUT2D eigenvalue weighted by Crippen LogP contribution is 2.20. The average molecular weight is 344 g/mol. The van der Waals surface area contributed by atoms with Crippen LogP contribution in [-0.2, 0) is 17.7 Å². The topological polar surface area (TPSA) is 99.4 Å². The maximum Gasteiger partial charge on any atom is 0.407 e. The number of hydrogen-bond donors (Lipinski definition) is 2. The minimum Gasteiger partial charge on any atom is -0.444 e. The molecule has 0 aliphatic carbocycles. The van der Waals surface area contributed by atoms with Crippen LogP contribution < -0.4 is 15.8 Å². The van der Waals surface area contributed by atoms with Gasteiger partial charge in [0.1, 0.15) is 17.7 Å². The molecule has 1 aromatic heterocycles. The van der Waals surface area contributed by atoms with E-state index in [1.54, 1.807) is 6.07 Å². The van der Waals surface area contributed by atoms with Crippen molar-refractivity contribution in [2.24, 2.45) is 5.73 Å². The van der Waals surface area contributed by atoms with Crippen LogP contribution in [0, 0.1) is 0 Å². The molecular weight excluding hydrogens is 320 g/mol. The van der Waals surface area contributed by atoms with Crippen LogP contribution in [0.4, 0.5) is 4.79 Å². The summed E-state index contributed by atoms with van der Waals surface area (Å²) in [5.74, 6) is 1.13. The quantitative estimate of drug-likeness (QED) is 0.836. The lowest BCUT2D eigenvalue weighted by molar-refractivity contribution is 0.0528. The maximum atomic E-state index is 11.6. The third kappa shape index (κ3) is 6.76. The lowest BCUT2D eigenvalue weighted by Gasteiger charge is -2.19. The number of amides is 1. The van der Waals surface area contributed by atoms with Gasteiger partial charge in [0.05, 0.1) is 5.69 Å². The number of nitrogens with two attached hydrogens (primary N) is 1. The Morgan fingerprint density at radius 2 is 1.92 bits per heavy atom. The number of ether oxygens (including phenoxy) is 2. The monoisotopic (exact) mass is 344 g/mol.